The van der Waals surface area contributed by atoms with Crippen molar-refractivity contribution >= 4 is 28.4 Å². The van der Waals surface area contributed by atoms with Crippen LogP contribution in [0.25, 0.3) is 22.2 Å². The van der Waals surface area contributed by atoms with Gasteiger partial charge in [-0.15, -0.1) is 0 Å². The zero-order valence-corrected chi connectivity index (χ0v) is 23.8. The number of alkyl halides is 4. The summed E-state index contributed by atoms with van der Waals surface area (Å²) in [6.07, 6.45) is -2.54. The van der Waals surface area contributed by atoms with Crippen LogP contribution in [0.15, 0.2) is 54.7 Å². The number of aliphatic hydroxyl groups is 1. The summed E-state index contributed by atoms with van der Waals surface area (Å²) in [6, 6.07) is 11.2. The SMILES string of the molecule is N#C[C@@]1(CF)COc2c1cc([C@@](O)(CNC(=O)c1cc(OC3CC3)c3ncc(Cl)cc3c1)C(F)(F)F)nc2-c1ccc(F)cc1. The second-order valence-corrected chi connectivity index (χ2v) is 11.3. The van der Waals surface area contributed by atoms with Gasteiger partial charge < -0.3 is 19.9 Å². The first-order valence-electron chi connectivity index (χ1n) is 13.6. The molecule has 232 valence electrons. The Kier molecular flexibility index (Phi) is 7.53. The molecule has 6 rings (SSSR count). The van der Waals surface area contributed by atoms with E-state index >= 15 is 0 Å². The maximum absolute atomic E-state index is 14.7. The summed E-state index contributed by atoms with van der Waals surface area (Å²) in [4.78, 5) is 21.5. The lowest BCUT2D eigenvalue weighted by atomic mass is 9.83. The second kappa shape index (κ2) is 11.1. The number of hydrogen-bond donors (Lipinski definition) is 2. The molecule has 1 fully saturated rings. The minimum absolute atomic E-state index is 0.0854. The number of pyridine rings is 2. The first kappa shape index (κ1) is 30.5. The molecular formula is C31H22ClF5N4O4. The highest BCUT2D eigenvalue weighted by molar-refractivity contribution is 6.31. The molecule has 2 N–H and O–H groups in total. The lowest BCUT2D eigenvalue weighted by molar-refractivity contribution is -0.265. The zero-order valence-electron chi connectivity index (χ0n) is 23.1. The Morgan fingerprint density at radius 3 is 2.58 bits per heavy atom. The summed E-state index contributed by atoms with van der Waals surface area (Å²) in [5, 5.41) is 23.8. The quantitative estimate of drug-likeness (QED) is 0.228. The number of hydrogen-bond acceptors (Lipinski definition) is 7. The average Bonchev–Trinajstić information content (AvgIpc) is 3.76. The monoisotopic (exact) mass is 644 g/mol. The molecule has 1 amide bonds. The molecule has 0 bridgehead atoms. The number of carbonyl (C=O) groups is 1. The second-order valence-electron chi connectivity index (χ2n) is 10.9. The molecule has 2 atom stereocenters. The van der Waals surface area contributed by atoms with Gasteiger partial charge in [0.05, 0.1) is 29.4 Å². The molecule has 1 aliphatic heterocycles. The average molecular weight is 645 g/mol. The van der Waals surface area contributed by atoms with E-state index in [-0.39, 0.29) is 45.0 Å². The normalized spacial score (nSPS) is 18.9. The molecule has 4 aromatic rings. The Morgan fingerprint density at radius 2 is 1.93 bits per heavy atom. The molecule has 2 aromatic heterocycles. The van der Waals surface area contributed by atoms with Gasteiger partial charge in [-0.2, -0.15) is 18.4 Å². The van der Waals surface area contributed by atoms with E-state index in [0.717, 1.165) is 31.0 Å². The lowest BCUT2D eigenvalue weighted by Gasteiger charge is -2.31. The van der Waals surface area contributed by atoms with Gasteiger partial charge in [-0.3, -0.25) is 9.78 Å². The van der Waals surface area contributed by atoms with Crippen LogP contribution >= 0.6 is 11.6 Å². The van der Waals surface area contributed by atoms with E-state index in [4.69, 9.17) is 21.1 Å². The van der Waals surface area contributed by atoms with E-state index in [0.29, 0.717) is 10.9 Å². The third-order valence-electron chi connectivity index (χ3n) is 7.70. The van der Waals surface area contributed by atoms with Gasteiger partial charge in [-0.1, -0.05) is 11.6 Å². The topological polar surface area (TPSA) is 117 Å². The van der Waals surface area contributed by atoms with E-state index in [1.807, 2.05) is 0 Å². The summed E-state index contributed by atoms with van der Waals surface area (Å²) >= 11 is 6.07. The highest BCUT2D eigenvalue weighted by Gasteiger charge is 2.57. The first-order valence-corrected chi connectivity index (χ1v) is 14.0. The van der Waals surface area contributed by atoms with Crippen LogP contribution < -0.4 is 14.8 Å². The molecule has 1 aliphatic carbocycles. The predicted octanol–water partition coefficient (Wildman–Crippen LogP) is 5.93. The number of carbonyl (C=O) groups excluding carboxylic acids is 1. The number of fused-ring (bicyclic) bond motifs is 2. The fraction of sp³-hybridized carbons (Fsp3) is 0.290. The molecule has 8 nitrogen and oxygen atoms in total. The van der Waals surface area contributed by atoms with Crippen LogP contribution in [-0.4, -0.2) is 53.1 Å². The summed E-state index contributed by atoms with van der Waals surface area (Å²) < 4.78 is 83.4. The number of halogens is 6. The van der Waals surface area contributed by atoms with Crippen molar-refractivity contribution in [1.29, 1.82) is 5.26 Å². The third-order valence-corrected chi connectivity index (χ3v) is 7.91. The van der Waals surface area contributed by atoms with Crippen molar-refractivity contribution in [2.24, 2.45) is 0 Å². The highest BCUT2D eigenvalue weighted by Crippen LogP contribution is 2.48. The van der Waals surface area contributed by atoms with Gasteiger partial charge in [0.1, 0.15) is 41.5 Å². The van der Waals surface area contributed by atoms with Crippen molar-refractivity contribution in [3.63, 3.8) is 0 Å². The number of nitrogens with one attached hydrogen (secondary N) is 1. The zero-order chi connectivity index (χ0) is 32.1. The fourth-order valence-electron chi connectivity index (χ4n) is 4.98. The van der Waals surface area contributed by atoms with Gasteiger partial charge in [0, 0.05) is 28.3 Å². The van der Waals surface area contributed by atoms with Gasteiger partial charge in [-0.05, 0) is 61.4 Å². The van der Waals surface area contributed by atoms with Crippen molar-refractivity contribution in [3.05, 3.63) is 82.4 Å². The molecule has 0 unspecified atom stereocenters. The molecule has 0 spiro atoms. The van der Waals surface area contributed by atoms with Gasteiger partial charge in [-0.25, -0.2) is 13.8 Å². The van der Waals surface area contributed by atoms with Crippen molar-refractivity contribution in [1.82, 2.24) is 15.3 Å². The fourth-order valence-corrected chi connectivity index (χ4v) is 5.14. The largest absolute Gasteiger partial charge is 0.489 e. The number of aromatic nitrogens is 2. The molecule has 14 heteroatoms. The Hall–Kier alpha value is -4.54. The Morgan fingerprint density at radius 1 is 1.20 bits per heavy atom. The number of nitrogens with zero attached hydrogens (tertiary/aromatic N) is 3. The lowest BCUT2D eigenvalue weighted by Crippen LogP contribution is -2.51. The third kappa shape index (κ3) is 5.49. The Bertz CT molecular complexity index is 1860. The molecule has 2 aromatic carbocycles. The van der Waals surface area contributed by atoms with Gasteiger partial charge in [0.15, 0.2) is 5.75 Å². The Balaban J connectivity index is 1.41. The minimum Gasteiger partial charge on any atom is -0.489 e. The molecular weight excluding hydrogens is 623 g/mol. The maximum atomic E-state index is 14.7. The van der Waals surface area contributed by atoms with Crippen LogP contribution in [0.1, 0.15) is 34.5 Å². The molecule has 0 saturated heterocycles. The summed E-state index contributed by atoms with van der Waals surface area (Å²) in [5.74, 6) is -1.57. The van der Waals surface area contributed by atoms with Crippen LogP contribution in [0.5, 0.6) is 11.5 Å². The number of nitriles is 1. The van der Waals surface area contributed by atoms with E-state index in [9.17, 15) is 37.1 Å². The van der Waals surface area contributed by atoms with Crippen molar-refractivity contribution in [2.45, 2.75) is 36.1 Å². The maximum Gasteiger partial charge on any atom is 0.424 e. The van der Waals surface area contributed by atoms with Gasteiger partial charge >= 0.3 is 6.18 Å². The highest BCUT2D eigenvalue weighted by atomic mass is 35.5. The van der Waals surface area contributed by atoms with Crippen molar-refractivity contribution in [3.8, 4) is 28.8 Å². The molecule has 1 saturated carbocycles. The molecule has 2 aliphatic rings. The van der Waals surface area contributed by atoms with E-state index in [1.54, 1.807) is 6.07 Å². The van der Waals surface area contributed by atoms with Gasteiger partial charge in [0.25, 0.3) is 5.91 Å². The number of rotatable bonds is 8. The van der Waals surface area contributed by atoms with Crippen LogP contribution in [-0.2, 0) is 11.0 Å². The van der Waals surface area contributed by atoms with E-state index < -0.39 is 54.4 Å². The van der Waals surface area contributed by atoms with Crippen molar-refractivity contribution < 1.29 is 41.3 Å². The predicted molar refractivity (Wildman–Crippen MR) is 151 cm³/mol. The van der Waals surface area contributed by atoms with Crippen LogP contribution in [0.3, 0.4) is 0 Å². The number of benzene rings is 2. The standard InChI is InChI=1S/C31H22ClF5N4O4/c32-19-8-17-7-18(9-23(25(17)39-11-19)45-21-5-6-21)28(42)40-14-30(43,31(35,36)37)24-10-22-27(44-15-29(22,12-33)13-38)26(41-24)16-1-3-20(34)4-2-16/h1-4,7-11,21,43H,5-6,12,14-15H2,(H,40,42)/t29-,30-/m0/s1. The molecule has 3 heterocycles. The van der Waals surface area contributed by atoms with E-state index in [1.165, 1.54) is 36.5 Å². The summed E-state index contributed by atoms with van der Waals surface area (Å²) in [7, 11) is 0. The molecule has 0 radical (unpaired) electrons. The van der Waals surface area contributed by atoms with Crippen LogP contribution in [0, 0.1) is 17.1 Å². The van der Waals surface area contributed by atoms with Gasteiger partial charge in [0.2, 0.25) is 5.60 Å². The van der Waals surface area contributed by atoms with E-state index in [2.05, 4.69) is 15.3 Å². The van der Waals surface area contributed by atoms with Crippen molar-refractivity contribution in [2.75, 3.05) is 19.8 Å². The first-order chi connectivity index (χ1) is 21.4. The molecule has 45 heavy (non-hydrogen) atoms. The van der Waals surface area contributed by atoms with Crippen LogP contribution in [0.2, 0.25) is 5.02 Å². The minimum atomic E-state index is -5.42. The number of amides is 1. The Labute approximate surface area is 257 Å². The van der Waals surface area contributed by atoms with Crippen LogP contribution in [0.4, 0.5) is 22.0 Å². The number of ether oxygens (including phenoxy) is 2. The summed E-state index contributed by atoms with van der Waals surface area (Å²) in [6.45, 7) is -3.25. The smallest absolute Gasteiger partial charge is 0.424 e. The summed E-state index contributed by atoms with van der Waals surface area (Å²) in [5.41, 5.74) is -6.98.